The second-order valence-corrected chi connectivity index (χ2v) is 8.20. The number of carboxylic acid groups (broad SMARTS) is 2. The van der Waals surface area contributed by atoms with E-state index >= 15 is 0 Å². The molecule has 9 heteroatoms. The van der Waals surface area contributed by atoms with Crippen molar-refractivity contribution in [3.63, 3.8) is 0 Å². The molecule has 1 aliphatic rings. The average molecular weight is 404 g/mol. The lowest BCUT2D eigenvalue weighted by molar-refractivity contribution is 0.0182. The Labute approximate surface area is 167 Å². The summed E-state index contributed by atoms with van der Waals surface area (Å²) >= 11 is 0. The van der Waals surface area contributed by atoms with Gasteiger partial charge in [0.1, 0.15) is 11.1 Å². The van der Waals surface area contributed by atoms with E-state index in [4.69, 9.17) is 9.15 Å². The SMILES string of the molecule is CC(C)(C)OC(=O)N1CCC(Cc2nc3cc(C(=O)O)c(C(=O)O)cc3o2)CC1. The predicted molar refractivity (Wildman–Crippen MR) is 102 cm³/mol. The van der Waals surface area contributed by atoms with Gasteiger partial charge in [-0.25, -0.2) is 19.4 Å². The number of benzene rings is 1. The minimum absolute atomic E-state index is 0.244. The highest BCUT2D eigenvalue weighted by Crippen LogP contribution is 2.26. The third-order valence-electron chi connectivity index (χ3n) is 4.76. The van der Waals surface area contributed by atoms with Gasteiger partial charge in [-0.15, -0.1) is 0 Å². The van der Waals surface area contributed by atoms with E-state index in [2.05, 4.69) is 4.98 Å². The standard InChI is InChI=1S/C20H24N2O7/c1-20(2,3)29-19(27)22-6-4-11(5-7-22)8-16-21-14-9-12(17(23)24)13(18(25)26)10-15(14)28-16/h9-11H,4-8H2,1-3H3,(H,23,24)(H,25,26). The fraction of sp³-hybridized carbons (Fsp3) is 0.500. The van der Waals surface area contributed by atoms with Gasteiger partial charge in [-0.1, -0.05) is 0 Å². The van der Waals surface area contributed by atoms with E-state index in [1.54, 1.807) is 4.90 Å². The summed E-state index contributed by atoms with van der Waals surface area (Å²) in [6.45, 7) is 6.64. The van der Waals surface area contributed by atoms with Crippen LogP contribution >= 0.6 is 0 Å². The van der Waals surface area contributed by atoms with E-state index in [1.807, 2.05) is 20.8 Å². The zero-order valence-electron chi connectivity index (χ0n) is 16.6. The van der Waals surface area contributed by atoms with Crippen molar-refractivity contribution in [2.24, 2.45) is 5.92 Å². The first-order valence-electron chi connectivity index (χ1n) is 9.41. The Bertz CT molecular complexity index is 899. The first-order chi connectivity index (χ1) is 13.5. The molecule has 2 heterocycles. The summed E-state index contributed by atoms with van der Waals surface area (Å²) < 4.78 is 11.1. The Morgan fingerprint density at radius 3 is 2.28 bits per heavy atom. The first-order valence-corrected chi connectivity index (χ1v) is 9.41. The number of carbonyl (C=O) groups excluding carboxylic acids is 1. The number of amides is 1. The van der Waals surface area contributed by atoms with Gasteiger partial charge in [-0.2, -0.15) is 0 Å². The molecule has 0 unspecified atom stereocenters. The summed E-state index contributed by atoms with van der Waals surface area (Å²) in [5.41, 5.74) is -0.633. The van der Waals surface area contributed by atoms with Gasteiger partial charge >= 0.3 is 18.0 Å². The van der Waals surface area contributed by atoms with E-state index in [-0.39, 0.29) is 28.7 Å². The van der Waals surface area contributed by atoms with Gasteiger partial charge in [0, 0.05) is 19.5 Å². The van der Waals surface area contributed by atoms with Gasteiger partial charge in [0.25, 0.3) is 0 Å². The highest BCUT2D eigenvalue weighted by Gasteiger charge is 2.28. The normalized spacial score (nSPS) is 15.5. The van der Waals surface area contributed by atoms with Crippen molar-refractivity contribution < 1.29 is 33.8 Å². The second kappa shape index (κ2) is 7.73. The fourth-order valence-corrected chi connectivity index (χ4v) is 3.36. The van der Waals surface area contributed by atoms with Crippen LogP contribution < -0.4 is 0 Å². The Morgan fingerprint density at radius 1 is 1.14 bits per heavy atom. The van der Waals surface area contributed by atoms with E-state index in [0.29, 0.717) is 30.9 Å². The topological polar surface area (TPSA) is 130 Å². The second-order valence-electron chi connectivity index (χ2n) is 8.20. The number of hydrogen-bond acceptors (Lipinski definition) is 6. The largest absolute Gasteiger partial charge is 0.478 e. The van der Waals surface area contributed by atoms with Crippen LogP contribution in [-0.2, 0) is 11.2 Å². The van der Waals surface area contributed by atoms with Gasteiger partial charge < -0.3 is 24.3 Å². The Hall–Kier alpha value is -3.10. The predicted octanol–water partition coefficient (Wildman–Crippen LogP) is 3.41. The van der Waals surface area contributed by atoms with Crippen molar-refractivity contribution in [1.29, 1.82) is 0 Å². The zero-order chi connectivity index (χ0) is 21.3. The molecule has 1 aliphatic heterocycles. The van der Waals surface area contributed by atoms with Crippen molar-refractivity contribution in [2.45, 2.75) is 45.6 Å². The molecule has 1 aromatic heterocycles. The van der Waals surface area contributed by atoms with Gasteiger partial charge in [-0.3, -0.25) is 0 Å². The molecule has 1 aromatic carbocycles. The molecular weight excluding hydrogens is 380 g/mol. The number of carbonyl (C=O) groups is 3. The number of aromatic carboxylic acids is 2. The molecule has 1 saturated heterocycles. The number of ether oxygens (including phenoxy) is 1. The van der Waals surface area contributed by atoms with E-state index in [0.717, 1.165) is 12.8 Å². The zero-order valence-corrected chi connectivity index (χ0v) is 16.6. The van der Waals surface area contributed by atoms with Crippen molar-refractivity contribution in [3.05, 3.63) is 29.2 Å². The summed E-state index contributed by atoms with van der Waals surface area (Å²) in [6.07, 6.45) is 1.74. The monoisotopic (exact) mass is 404 g/mol. The summed E-state index contributed by atoms with van der Waals surface area (Å²) in [5, 5.41) is 18.4. The van der Waals surface area contributed by atoms with Crippen LogP contribution in [0, 0.1) is 5.92 Å². The van der Waals surface area contributed by atoms with Gasteiger partial charge in [0.2, 0.25) is 0 Å². The number of oxazole rings is 1. The van der Waals surface area contributed by atoms with Crippen LogP contribution in [0.3, 0.4) is 0 Å². The van der Waals surface area contributed by atoms with Crippen LogP contribution in [-0.4, -0.2) is 56.8 Å². The van der Waals surface area contributed by atoms with Crippen LogP contribution in [0.4, 0.5) is 4.79 Å². The molecule has 0 saturated carbocycles. The number of piperidine rings is 1. The van der Waals surface area contributed by atoms with Crippen LogP contribution in [0.25, 0.3) is 11.1 Å². The van der Waals surface area contributed by atoms with Crippen LogP contribution in [0.5, 0.6) is 0 Å². The molecule has 3 rings (SSSR count). The average Bonchev–Trinajstić information content (AvgIpc) is 3.00. The lowest BCUT2D eigenvalue weighted by atomic mass is 9.94. The van der Waals surface area contributed by atoms with Crippen molar-refractivity contribution in [2.75, 3.05) is 13.1 Å². The van der Waals surface area contributed by atoms with E-state index in [1.165, 1.54) is 12.1 Å². The summed E-state index contributed by atoms with van der Waals surface area (Å²) in [5.74, 6) is -1.99. The third kappa shape index (κ3) is 4.85. The minimum atomic E-state index is -1.34. The number of fused-ring (bicyclic) bond motifs is 1. The summed E-state index contributed by atoms with van der Waals surface area (Å²) in [4.78, 5) is 40.8. The molecule has 0 atom stereocenters. The molecule has 29 heavy (non-hydrogen) atoms. The lowest BCUT2D eigenvalue weighted by Crippen LogP contribution is -2.42. The van der Waals surface area contributed by atoms with Crippen molar-refractivity contribution in [1.82, 2.24) is 9.88 Å². The maximum Gasteiger partial charge on any atom is 0.410 e. The van der Waals surface area contributed by atoms with E-state index < -0.39 is 17.5 Å². The maximum absolute atomic E-state index is 12.1. The first kappa shape index (κ1) is 20.6. The third-order valence-corrected chi connectivity index (χ3v) is 4.76. The number of nitrogens with zero attached hydrogens (tertiary/aromatic N) is 2. The number of aromatic nitrogens is 1. The van der Waals surface area contributed by atoms with Gasteiger partial charge in [-0.05, 0) is 51.7 Å². The minimum Gasteiger partial charge on any atom is -0.478 e. The Kier molecular flexibility index (Phi) is 5.50. The van der Waals surface area contributed by atoms with Gasteiger partial charge in [0.15, 0.2) is 11.5 Å². The number of hydrogen-bond donors (Lipinski definition) is 2. The molecular formula is C20H24N2O7. The van der Waals surface area contributed by atoms with Crippen LogP contribution in [0.1, 0.15) is 60.2 Å². The van der Waals surface area contributed by atoms with Crippen LogP contribution in [0.15, 0.2) is 16.5 Å². The highest BCUT2D eigenvalue weighted by molar-refractivity contribution is 6.04. The molecule has 9 nitrogen and oxygen atoms in total. The molecule has 0 radical (unpaired) electrons. The van der Waals surface area contributed by atoms with Gasteiger partial charge in [0.05, 0.1) is 11.1 Å². The molecule has 0 spiro atoms. The molecule has 156 valence electrons. The fourth-order valence-electron chi connectivity index (χ4n) is 3.36. The van der Waals surface area contributed by atoms with E-state index in [9.17, 15) is 24.6 Å². The number of likely N-dealkylation sites (tertiary alicyclic amines) is 1. The van der Waals surface area contributed by atoms with Crippen molar-refractivity contribution in [3.8, 4) is 0 Å². The molecule has 2 N–H and O–H groups in total. The summed E-state index contributed by atoms with van der Waals surface area (Å²) in [7, 11) is 0. The summed E-state index contributed by atoms with van der Waals surface area (Å²) in [6, 6.07) is 2.42. The van der Waals surface area contributed by atoms with Crippen LogP contribution in [0.2, 0.25) is 0 Å². The lowest BCUT2D eigenvalue weighted by Gasteiger charge is -2.33. The molecule has 0 bridgehead atoms. The number of carboxylic acids is 2. The molecule has 1 amide bonds. The highest BCUT2D eigenvalue weighted by atomic mass is 16.6. The smallest absolute Gasteiger partial charge is 0.410 e. The molecule has 2 aromatic rings. The molecule has 0 aliphatic carbocycles. The Morgan fingerprint density at radius 2 is 1.72 bits per heavy atom. The maximum atomic E-state index is 12.1. The Balaban J connectivity index is 1.68. The molecule has 1 fully saturated rings. The number of rotatable bonds is 4. The quantitative estimate of drug-likeness (QED) is 0.793. The van der Waals surface area contributed by atoms with Crippen molar-refractivity contribution >= 4 is 29.1 Å².